The first kappa shape index (κ1) is 15.8. The summed E-state index contributed by atoms with van der Waals surface area (Å²) in [7, 11) is 0. The molecule has 1 fully saturated rings. The van der Waals surface area contributed by atoms with Crippen molar-refractivity contribution in [1.82, 2.24) is 25.6 Å². The second-order valence-electron chi connectivity index (χ2n) is 4.96. The number of amides is 2. The van der Waals surface area contributed by atoms with Crippen molar-refractivity contribution < 1.29 is 9.59 Å². The number of aromatic nitrogens is 3. The lowest BCUT2D eigenvalue weighted by Crippen LogP contribution is -2.43. The van der Waals surface area contributed by atoms with Gasteiger partial charge < -0.3 is 11.1 Å². The van der Waals surface area contributed by atoms with E-state index >= 15 is 0 Å². The molecule has 0 bridgehead atoms. The van der Waals surface area contributed by atoms with Crippen molar-refractivity contribution in [2.75, 3.05) is 31.9 Å². The molecule has 0 spiro atoms. The Morgan fingerprint density at radius 2 is 2.24 bits per heavy atom. The molecule has 1 aromatic heterocycles. The number of hydrogen-bond donors (Lipinski definition) is 3. The molecule has 2 amide bonds. The van der Waals surface area contributed by atoms with E-state index in [-0.39, 0.29) is 17.7 Å². The van der Waals surface area contributed by atoms with E-state index in [4.69, 9.17) is 5.73 Å². The molecular formula is C12H20N6O2S. The van der Waals surface area contributed by atoms with Crippen molar-refractivity contribution in [3.05, 3.63) is 6.20 Å². The van der Waals surface area contributed by atoms with Gasteiger partial charge in [-0.3, -0.25) is 14.5 Å². The minimum absolute atomic E-state index is 0.00766. The van der Waals surface area contributed by atoms with E-state index < -0.39 is 0 Å². The average molecular weight is 312 g/mol. The lowest BCUT2D eigenvalue weighted by Gasteiger charge is -2.29. The van der Waals surface area contributed by atoms with Gasteiger partial charge in [0.25, 0.3) is 0 Å². The fourth-order valence-corrected chi connectivity index (χ4v) is 2.89. The van der Waals surface area contributed by atoms with Crippen LogP contribution in [-0.4, -0.2) is 64.1 Å². The average Bonchev–Trinajstić information content (AvgIpc) is 2.97. The van der Waals surface area contributed by atoms with Crippen molar-refractivity contribution >= 4 is 23.6 Å². The maximum atomic E-state index is 11.8. The Kier molecular flexibility index (Phi) is 6.00. The van der Waals surface area contributed by atoms with Gasteiger partial charge in [-0.25, -0.2) is 0 Å². The van der Waals surface area contributed by atoms with Crippen molar-refractivity contribution in [3.63, 3.8) is 0 Å². The normalized spacial score (nSPS) is 16.8. The number of nitrogens with one attached hydrogen (secondary N) is 2. The van der Waals surface area contributed by atoms with Crippen LogP contribution >= 0.6 is 11.8 Å². The molecule has 116 valence electrons. The number of likely N-dealkylation sites (tertiary alicyclic amines) is 1. The van der Waals surface area contributed by atoms with Crippen molar-refractivity contribution in [3.8, 4) is 0 Å². The number of thioether (sulfide) groups is 1. The van der Waals surface area contributed by atoms with Gasteiger partial charge in [-0.2, -0.15) is 10.3 Å². The summed E-state index contributed by atoms with van der Waals surface area (Å²) in [4.78, 5) is 24.9. The van der Waals surface area contributed by atoms with Crippen LogP contribution in [0.15, 0.2) is 11.2 Å². The summed E-state index contributed by atoms with van der Waals surface area (Å²) in [5.74, 6) is 0.489. The summed E-state index contributed by atoms with van der Waals surface area (Å²) in [5, 5.41) is 13.9. The smallest absolute Gasteiger partial charge is 0.234 e. The van der Waals surface area contributed by atoms with E-state index in [1.54, 1.807) is 6.20 Å². The first-order valence-electron chi connectivity index (χ1n) is 6.92. The summed E-state index contributed by atoms with van der Waals surface area (Å²) >= 11 is 1.53. The number of nitrogens with zero attached hydrogens (tertiary/aromatic N) is 3. The third-order valence-electron chi connectivity index (χ3n) is 3.42. The van der Waals surface area contributed by atoms with Gasteiger partial charge in [-0.1, -0.05) is 0 Å². The zero-order valence-corrected chi connectivity index (χ0v) is 12.6. The Balaban J connectivity index is 1.56. The third-order valence-corrected chi connectivity index (χ3v) is 4.32. The van der Waals surface area contributed by atoms with Crippen molar-refractivity contribution in [1.29, 1.82) is 0 Å². The fourth-order valence-electron chi connectivity index (χ4n) is 2.24. The molecule has 1 saturated heterocycles. The van der Waals surface area contributed by atoms with Gasteiger partial charge in [0.15, 0.2) is 0 Å². The standard InChI is InChI=1S/C12H20N6O2S/c13-12(20)9-1-4-18(5-2-9)8-10(19)14-3-6-21-11-7-15-17-16-11/h7,9H,1-6,8H2,(H2,13,20)(H,14,19)(H,15,16,17). The number of primary amides is 1. The lowest BCUT2D eigenvalue weighted by atomic mass is 9.96. The Hall–Kier alpha value is -1.61. The topological polar surface area (TPSA) is 117 Å². The van der Waals surface area contributed by atoms with Crippen LogP contribution in [0.4, 0.5) is 0 Å². The first-order valence-corrected chi connectivity index (χ1v) is 7.90. The number of rotatable bonds is 7. The maximum absolute atomic E-state index is 11.8. The van der Waals surface area contributed by atoms with E-state index in [0.717, 1.165) is 36.7 Å². The summed E-state index contributed by atoms with van der Waals surface area (Å²) in [6, 6.07) is 0. The van der Waals surface area contributed by atoms with Gasteiger partial charge >= 0.3 is 0 Å². The quantitative estimate of drug-likeness (QED) is 0.449. The monoisotopic (exact) mass is 312 g/mol. The minimum atomic E-state index is -0.232. The van der Waals surface area contributed by atoms with E-state index in [2.05, 4.69) is 25.6 Å². The van der Waals surface area contributed by atoms with E-state index in [1.165, 1.54) is 11.8 Å². The summed E-state index contributed by atoms with van der Waals surface area (Å²) in [6.45, 7) is 2.46. The van der Waals surface area contributed by atoms with Crippen LogP contribution < -0.4 is 11.1 Å². The van der Waals surface area contributed by atoms with Gasteiger partial charge in [-0.15, -0.1) is 16.9 Å². The highest BCUT2D eigenvalue weighted by Gasteiger charge is 2.23. The molecule has 2 rings (SSSR count). The molecule has 4 N–H and O–H groups in total. The highest BCUT2D eigenvalue weighted by molar-refractivity contribution is 7.99. The molecule has 1 aliphatic heterocycles. The number of hydrogen-bond acceptors (Lipinski definition) is 6. The number of aromatic amines is 1. The van der Waals surface area contributed by atoms with Crippen LogP contribution in [0.5, 0.6) is 0 Å². The molecule has 0 atom stereocenters. The molecule has 0 aliphatic carbocycles. The summed E-state index contributed by atoms with van der Waals surface area (Å²) in [6.07, 6.45) is 3.13. The highest BCUT2D eigenvalue weighted by Crippen LogP contribution is 2.16. The first-order chi connectivity index (χ1) is 10.1. The van der Waals surface area contributed by atoms with Crippen LogP contribution in [0.2, 0.25) is 0 Å². The number of carbonyl (C=O) groups is 2. The number of H-pyrrole nitrogens is 1. The predicted molar refractivity (Wildman–Crippen MR) is 78.5 cm³/mol. The Labute approximate surface area is 127 Å². The molecule has 9 heteroatoms. The van der Waals surface area contributed by atoms with Crippen molar-refractivity contribution in [2.24, 2.45) is 11.7 Å². The maximum Gasteiger partial charge on any atom is 0.234 e. The molecule has 8 nitrogen and oxygen atoms in total. The van der Waals surface area contributed by atoms with Crippen LogP contribution in [0.1, 0.15) is 12.8 Å². The molecule has 0 saturated carbocycles. The fraction of sp³-hybridized carbons (Fsp3) is 0.667. The SMILES string of the molecule is NC(=O)C1CCN(CC(=O)NCCSc2cn[nH]n2)CC1. The third kappa shape index (κ3) is 5.35. The molecule has 1 aromatic rings. The summed E-state index contributed by atoms with van der Waals surface area (Å²) in [5.41, 5.74) is 5.28. The Bertz CT molecular complexity index is 458. The number of carbonyl (C=O) groups excluding carboxylic acids is 2. The predicted octanol–water partition coefficient (Wildman–Crippen LogP) is -0.790. The highest BCUT2D eigenvalue weighted by atomic mass is 32.2. The second kappa shape index (κ2) is 7.99. The van der Waals surface area contributed by atoms with Gasteiger partial charge in [0.05, 0.1) is 12.7 Å². The molecule has 2 heterocycles. The van der Waals surface area contributed by atoms with Gasteiger partial charge in [0.2, 0.25) is 11.8 Å². The number of piperidine rings is 1. The Morgan fingerprint density at radius 1 is 1.48 bits per heavy atom. The van der Waals surface area contributed by atoms with Crippen LogP contribution in [0.3, 0.4) is 0 Å². The van der Waals surface area contributed by atoms with Gasteiger partial charge in [-0.05, 0) is 25.9 Å². The zero-order chi connectivity index (χ0) is 15.1. The van der Waals surface area contributed by atoms with E-state index in [0.29, 0.717) is 13.1 Å². The zero-order valence-electron chi connectivity index (χ0n) is 11.7. The van der Waals surface area contributed by atoms with E-state index in [9.17, 15) is 9.59 Å². The summed E-state index contributed by atoms with van der Waals surface area (Å²) < 4.78 is 0. The largest absolute Gasteiger partial charge is 0.369 e. The second-order valence-corrected chi connectivity index (χ2v) is 6.07. The lowest BCUT2D eigenvalue weighted by molar-refractivity contribution is -0.124. The van der Waals surface area contributed by atoms with Crippen molar-refractivity contribution in [2.45, 2.75) is 17.9 Å². The molecule has 0 aromatic carbocycles. The molecule has 0 unspecified atom stereocenters. The molecule has 0 radical (unpaired) electrons. The van der Waals surface area contributed by atoms with Crippen LogP contribution in [0.25, 0.3) is 0 Å². The number of nitrogens with two attached hydrogens (primary N) is 1. The van der Waals surface area contributed by atoms with Gasteiger partial charge in [0.1, 0.15) is 5.03 Å². The molecule has 1 aliphatic rings. The molecule has 21 heavy (non-hydrogen) atoms. The van der Waals surface area contributed by atoms with E-state index in [1.807, 2.05) is 0 Å². The Morgan fingerprint density at radius 3 is 2.86 bits per heavy atom. The van der Waals surface area contributed by atoms with Crippen LogP contribution in [0, 0.1) is 5.92 Å². The minimum Gasteiger partial charge on any atom is -0.369 e. The van der Waals surface area contributed by atoms with Crippen LogP contribution in [-0.2, 0) is 9.59 Å². The molecular weight excluding hydrogens is 292 g/mol. The van der Waals surface area contributed by atoms with Gasteiger partial charge in [0, 0.05) is 18.2 Å².